The van der Waals surface area contributed by atoms with Crippen LogP contribution in [0.2, 0.25) is 0 Å². The zero-order valence-electron chi connectivity index (χ0n) is 15.3. The fraction of sp³-hybridized carbons (Fsp3) is 0.444. The molecule has 9 heteroatoms. The van der Waals surface area contributed by atoms with Crippen molar-refractivity contribution in [1.29, 1.82) is 0 Å². The van der Waals surface area contributed by atoms with Crippen molar-refractivity contribution in [1.82, 2.24) is 9.46 Å². The van der Waals surface area contributed by atoms with Crippen molar-refractivity contribution in [2.45, 2.75) is 19.4 Å². The van der Waals surface area contributed by atoms with Crippen LogP contribution in [0.15, 0.2) is 34.9 Å². The van der Waals surface area contributed by atoms with Gasteiger partial charge in [-0.3, -0.25) is 4.79 Å². The smallest absolute Gasteiger partial charge is 0.309 e. The van der Waals surface area contributed by atoms with E-state index in [-0.39, 0.29) is 18.5 Å². The molecule has 0 radical (unpaired) electrons. The van der Waals surface area contributed by atoms with Crippen LogP contribution in [0.5, 0.6) is 5.75 Å². The maximum atomic E-state index is 12.2. The number of hydrogen-bond donors (Lipinski definition) is 0. The van der Waals surface area contributed by atoms with E-state index in [2.05, 4.69) is 5.16 Å². The molecule has 0 aliphatic carbocycles. The van der Waals surface area contributed by atoms with Gasteiger partial charge in [-0.25, -0.2) is 12.7 Å². The molecule has 3 rings (SSSR count). The average molecular weight is 394 g/mol. The van der Waals surface area contributed by atoms with Gasteiger partial charge in [-0.2, -0.15) is 0 Å². The van der Waals surface area contributed by atoms with E-state index in [1.807, 2.05) is 24.3 Å². The van der Waals surface area contributed by atoms with Crippen molar-refractivity contribution in [2.24, 2.45) is 5.92 Å². The van der Waals surface area contributed by atoms with Crippen molar-refractivity contribution >= 4 is 16.0 Å². The number of sulfonamides is 1. The highest BCUT2D eigenvalue weighted by Gasteiger charge is 2.30. The van der Waals surface area contributed by atoms with Gasteiger partial charge in [0, 0.05) is 24.7 Å². The molecular formula is C18H22N2O6S. The van der Waals surface area contributed by atoms with Gasteiger partial charge in [0.25, 0.3) is 0 Å². The van der Waals surface area contributed by atoms with Gasteiger partial charge in [0.1, 0.15) is 18.1 Å². The van der Waals surface area contributed by atoms with Crippen molar-refractivity contribution in [3.05, 3.63) is 36.0 Å². The normalized spacial score (nSPS) is 16.2. The highest BCUT2D eigenvalue weighted by atomic mass is 32.2. The quantitative estimate of drug-likeness (QED) is 0.692. The maximum Gasteiger partial charge on any atom is 0.309 e. The molecule has 2 aromatic rings. The third-order valence-corrected chi connectivity index (χ3v) is 5.86. The molecule has 0 spiro atoms. The van der Waals surface area contributed by atoms with Gasteiger partial charge in [0.15, 0.2) is 5.76 Å². The predicted molar refractivity (Wildman–Crippen MR) is 97.4 cm³/mol. The van der Waals surface area contributed by atoms with Crippen LogP contribution in [-0.4, -0.2) is 50.3 Å². The molecule has 0 bridgehead atoms. The van der Waals surface area contributed by atoms with Crippen LogP contribution >= 0.6 is 0 Å². The summed E-state index contributed by atoms with van der Waals surface area (Å²) < 4.78 is 40.2. The predicted octanol–water partition coefficient (Wildman–Crippen LogP) is 2.06. The highest BCUT2D eigenvalue weighted by molar-refractivity contribution is 7.88. The Hall–Kier alpha value is -2.39. The molecule has 1 saturated heterocycles. The van der Waals surface area contributed by atoms with Gasteiger partial charge in [-0.15, -0.1) is 0 Å². The van der Waals surface area contributed by atoms with Crippen LogP contribution in [-0.2, 0) is 26.2 Å². The lowest BCUT2D eigenvalue weighted by Gasteiger charge is -2.28. The number of ether oxygens (including phenoxy) is 2. The lowest BCUT2D eigenvalue weighted by atomic mass is 9.98. The molecule has 1 fully saturated rings. The van der Waals surface area contributed by atoms with Crippen molar-refractivity contribution in [3.63, 3.8) is 0 Å². The standard InChI is InChI=1S/C18H22N2O6S/c1-24-16-5-3-13(4-6-16)17-11-15(19-26-17)12-25-18(21)14-7-9-20(10-8-14)27(2,22)23/h3-6,11,14H,7-10,12H2,1-2H3. The molecule has 2 heterocycles. The average Bonchev–Trinajstić information content (AvgIpc) is 3.14. The lowest BCUT2D eigenvalue weighted by molar-refractivity contribution is -0.151. The van der Waals surface area contributed by atoms with E-state index >= 15 is 0 Å². The van der Waals surface area contributed by atoms with Crippen LogP contribution < -0.4 is 4.74 Å². The third-order valence-electron chi connectivity index (χ3n) is 4.55. The molecule has 0 N–H and O–H groups in total. The number of piperidine rings is 1. The minimum atomic E-state index is -3.21. The topological polar surface area (TPSA) is 98.9 Å². The van der Waals surface area contributed by atoms with Crippen LogP contribution in [0.4, 0.5) is 0 Å². The summed E-state index contributed by atoms with van der Waals surface area (Å²) in [5, 5.41) is 3.93. The van der Waals surface area contributed by atoms with Crippen LogP contribution in [0.3, 0.4) is 0 Å². The molecule has 1 aromatic heterocycles. The van der Waals surface area contributed by atoms with Crippen LogP contribution in [0, 0.1) is 5.92 Å². The summed E-state index contributed by atoms with van der Waals surface area (Å²) in [7, 11) is -1.61. The molecule has 146 valence electrons. The van der Waals surface area contributed by atoms with E-state index in [0.29, 0.717) is 37.4 Å². The monoisotopic (exact) mass is 394 g/mol. The molecule has 1 aliphatic heterocycles. The van der Waals surface area contributed by atoms with Gasteiger partial charge in [0.05, 0.1) is 19.3 Å². The zero-order chi connectivity index (χ0) is 19.4. The number of carbonyl (C=O) groups excluding carboxylic acids is 1. The second-order valence-electron chi connectivity index (χ2n) is 6.46. The Morgan fingerprint density at radius 2 is 1.93 bits per heavy atom. The summed E-state index contributed by atoms with van der Waals surface area (Å²) in [5.74, 6) is 0.688. The largest absolute Gasteiger partial charge is 0.497 e. The summed E-state index contributed by atoms with van der Waals surface area (Å²) >= 11 is 0. The Balaban J connectivity index is 1.52. The Morgan fingerprint density at radius 3 is 2.52 bits per heavy atom. The third kappa shape index (κ3) is 4.86. The SMILES string of the molecule is COc1ccc(-c2cc(COC(=O)C3CCN(S(C)(=O)=O)CC3)no2)cc1. The van der Waals surface area contributed by atoms with Crippen LogP contribution in [0.1, 0.15) is 18.5 Å². The summed E-state index contributed by atoms with van der Waals surface area (Å²) in [6.45, 7) is 0.694. The summed E-state index contributed by atoms with van der Waals surface area (Å²) in [6.07, 6.45) is 2.10. The Bertz CT molecular complexity index is 883. The molecule has 1 aliphatic rings. The summed E-state index contributed by atoms with van der Waals surface area (Å²) in [6, 6.07) is 9.07. The molecule has 1 aromatic carbocycles. The van der Waals surface area contributed by atoms with Gasteiger partial charge in [0.2, 0.25) is 10.0 Å². The first-order valence-corrected chi connectivity index (χ1v) is 10.4. The molecule has 27 heavy (non-hydrogen) atoms. The number of hydrogen-bond acceptors (Lipinski definition) is 7. The minimum Gasteiger partial charge on any atom is -0.497 e. The number of rotatable bonds is 6. The highest BCUT2D eigenvalue weighted by Crippen LogP contribution is 2.24. The Morgan fingerprint density at radius 1 is 1.26 bits per heavy atom. The fourth-order valence-electron chi connectivity index (χ4n) is 2.96. The first-order chi connectivity index (χ1) is 12.9. The van der Waals surface area contributed by atoms with Crippen LogP contribution in [0.25, 0.3) is 11.3 Å². The maximum absolute atomic E-state index is 12.2. The molecule has 0 saturated carbocycles. The number of aromatic nitrogens is 1. The Labute approximate surface area is 158 Å². The van der Waals surface area contributed by atoms with E-state index < -0.39 is 10.0 Å². The Kier molecular flexibility index (Phi) is 5.81. The second kappa shape index (κ2) is 8.10. The molecule has 8 nitrogen and oxygen atoms in total. The number of methoxy groups -OCH3 is 1. The number of esters is 1. The van der Waals surface area contributed by atoms with Crippen molar-refractivity contribution in [2.75, 3.05) is 26.5 Å². The molecule has 0 atom stereocenters. The van der Waals surface area contributed by atoms with Gasteiger partial charge in [-0.05, 0) is 37.1 Å². The minimum absolute atomic E-state index is 0.0186. The van der Waals surface area contributed by atoms with E-state index in [1.165, 1.54) is 10.6 Å². The second-order valence-corrected chi connectivity index (χ2v) is 8.44. The molecule has 0 amide bonds. The fourth-order valence-corrected chi connectivity index (χ4v) is 3.83. The summed E-state index contributed by atoms with van der Waals surface area (Å²) in [4.78, 5) is 12.2. The molecule has 0 unspecified atom stereocenters. The van der Waals surface area contributed by atoms with E-state index in [4.69, 9.17) is 14.0 Å². The van der Waals surface area contributed by atoms with Crippen molar-refractivity contribution < 1.29 is 27.2 Å². The van der Waals surface area contributed by atoms with Gasteiger partial charge in [-0.1, -0.05) is 5.16 Å². The van der Waals surface area contributed by atoms with E-state index in [9.17, 15) is 13.2 Å². The summed E-state index contributed by atoms with van der Waals surface area (Å²) in [5.41, 5.74) is 1.36. The first-order valence-electron chi connectivity index (χ1n) is 8.58. The zero-order valence-corrected chi connectivity index (χ0v) is 16.1. The number of carbonyl (C=O) groups is 1. The lowest BCUT2D eigenvalue weighted by Crippen LogP contribution is -2.40. The number of benzene rings is 1. The number of nitrogens with zero attached hydrogens (tertiary/aromatic N) is 2. The first kappa shape index (κ1) is 19.4. The van der Waals surface area contributed by atoms with E-state index in [1.54, 1.807) is 13.2 Å². The van der Waals surface area contributed by atoms with Gasteiger partial charge >= 0.3 is 5.97 Å². The van der Waals surface area contributed by atoms with Crippen molar-refractivity contribution in [3.8, 4) is 17.1 Å². The van der Waals surface area contributed by atoms with E-state index in [0.717, 1.165) is 11.3 Å². The molecular weight excluding hydrogens is 372 g/mol. The van der Waals surface area contributed by atoms with Gasteiger partial charge < -0.3 is 14.0 Å².